The summed E-state index contributed by atoms with van der Waals surface area (Å²) in [4.78, 5) is 52.6. The predicted molar refractivity (Wildman–Crippen MR) is 149 cm³/mol. The van der Waals surface area contributed by atoms with Crippen molar-refractivity contribution in [1.29, 1.82) is 0 Å². The van der Waals surface area contributed by atoms with Crippen LogP contribution in [-0.2, 0) is 41.8 Å². The second-order valence-corrected chi connectivity index (χ2v) is 13.1. The minimum atomic E-state index is -5.28. The van der Waals surface area contributed by atoms with E-state index in [4.69, 9.17) is 28.3 Å². The summed E-state index contributed by atoms with van der Waals surface area (Å²) in [6.07, 6.45) is -5.75. The molecule has 1 saturated carbocycles. The molecule has 1 rings (SSSR count). The van der Waals surface area contributed by atoms with Crippen molar-refractivity contribution in [3.05, 3.63) is 0 Å². The lowest BCUT2D eigenvalue weighted by Gasteiger charge is -2.43. The molecule has 16 nitrogen and oxygen atoms in total. The van der Waals surface area contributed by atoms with Gasteiger partial charge in [0.2, 0.25) is 0 Å². The molecule has 0 aliphatic heterocycles. The number of phosphoric acid groups is 2. The van der Waals surface area contributed by atoms with Crippen molar-refractivity contribution in [3.8, 4) is 0 Å². The first-order chi connectivity index (χ1) is 20.1. The molecule has 0 aromatic carbocycles. The van der Waals surface area contributed by atoms with Gasteiger partial charge in [0.25, 0.3) is 0 Å². The maximum Gasteiger partial charge on any atom is 0.472 e. The number of unbranched alkanes of at least 4 members (excludes halogenated alkanes) is 8. The van der Waals surface area contributed by atoms with Crippen molar-refractivity contribution in [2.75, 3.05) is 13.2 Å². The fourth-order valence-electron chi connectivity index (χ4n) is 4.32. The molecule has 254 valence electrons. The monoisotopic (exact) mass is 666 g/mol. The molecule has 8 atom stereocenters. The topological polar surface area (TPSA) is 256 Å². The molecule has 0 aromatic heterocycles. The molecule has 0 radical (unpaired) electrons. The Morgan fingerprint density at radius 3 is 1.56 bits per heavy atom. The van der Waals surface area contributed by atoms with Gasteiger partial charge in [0.1, 0.15) is 43.2 Å². The molecular formula is C25H48O16P2. The molecule has 43 heavy (non-hydrogen) atoms. The molecule has 0 saturated heterocycles. The molecule has 1 aliphatic rings. The minimum absolute atomic E-state index is 0.0486. The van der Waals surface area contributed by atoms with Crippen LogP contribution in [0.25, 0.3) is 0 Å². The maximum absolute atomic E-state index is 12.6. The molecule has 4 unspecified atom stereocenters. The minimum Gasteiger partial charge on any atom is -0.462 e. The first-order valence-corrected chi connectivity index (χ1v) is 17.6. The van der Waals surface area contributed by atoms with E-state index in [-0.39, 0.29) is 12.8 Å². The molecule has 0 heterocycles. The first-order valence-electron chi connectivity index (χ1n) is 14.6. The maximum atomic E-state index is 12.6. The van der Waals surface area contributed by atoms with Crippen LogP contribution in [0.3, 0.4) is 0 Å². The zero-order valence-corrected chi connectivity index (χ0v) is 26.4. The lowest BCUT2D eigenvalue weighted by Crippen LogP contribution is -2.64. The Morgan fingerprint density at radius 1 is 0.651 bits per heavy atom. The average molecular weight is 667 g/mol. The van der Waals surface area contributed by atoms with E-state index in [1.54, 1.807) is 0 Å². The first kappa shape index (κ1) is 40.0. The summed E-state index contributed by atoms with van der Waals surface area (Å²) in [7, 11) is -10.5. The van der Waals surface area contributed by atoms with Crippen molar-refractivity contribution in [2.24, 2.45) is 0 Å². The van der Waals surface area contributed by atoms with Gasteiger partial charge in [-0.3, -0.25) is 23.2 Å². The van der Waals surface area contributed by atoms with Crippen molar-refractivity contribution in [3.63, 3.8) is 0 Å². The van der Waals surface area contributed by atoms with Crippen LogP contribution in [-0.4, -0.2) is 103 Å². The Morgan fingerprint density at radius 2 is 1.09 bits per heavy atom. The van der Waals surface area contributed by atoms with Crippen LogP contribution in [0.2, 0.25) is 0 Å². The van der Waals surface area contributed by atoms with Gasteiger partial charge in [-0.05, 0) is 12.8 Å². The number of ether oxygens (including phenoxy) is 2. The fourth-order valence-corrected chi connectivity index (χ4v) is 5.85. The Labute approximate surface area is 251 Å². The quantitative estimate of drug-likeness (QED) is 0.0492. The SMILES string of the molecule is CCCCCCCC(=O)OCC(COP(=O)(O)OC1[C@H](O)[C@H](O)C(OP(=O)(O)O)[C@H](O)[C@H]1O)OC(=O)CCCCCCC. The van der Waals surface area contributed by atoms with Crippen LogP contribution in [0.4, 0.5) is 0 Å². The zero-order valence-electron chi connectivity index (χ0n) is 24.6. The average Bonchev–Trinajstić information content (AvgIpc) is 2.93. The number of esters is 2. The highest BCUT2D eigenvalue weighted by Gasteiger charge is 2.54. The van der Waals surface area contributed by atoms with Crippen molar-refractivity contribution >= 4 is 27.6 Å². The zero-order chi connectivity index (χ0) is 32.6. The van der Waals surface area contributed by atoms with Crippen molar-refractivity contribution in [1.82, 2.24) is 0 Å². The van der Waals surface area contributed by atoms with Crippen LogP contribution in [0.15, 0.2) is 0 Å². The highest BCUT2D eigenvalue weighted by atomic mass is 31.2. The van der Waals surface area contributed by atoms with Gasteiger partial charge in [0.05, 0.1) is 6.61 Å². The van der Waals surface area contributed by atoms with E-state index in [0.29, 0.717) is 12.8 Å². The molecule has 1 fully saturated rings. The van der Waals surface area contributed by atoms with E-state index < -0.39 is 83.5 Å². The number of rotatable bonds is 22. The molecule has 1 aliphatic carbocycles. The Balaban J connectivity index is 2.80. The Hall–Kier alpha value is -1.00. The van der Waals surface area contributed by atoms with Gasteiger partial charge >= 0.3 is 27.6 Å². The number of phosphoric ester groups is 2. The molecule has 0 bridgehead atoms. The number of carbonyl (C=O) groups excluding carboxylic acids is 2. The van der Waals surface area contributed by atoms with Crippen LogP contribution < -0.4 is 0 Å². The fraction of sp³-hybridized carbons (Fsp3) is 0.920. The van der Waals surface area contributed by atoms with Crippen molar-refractivity contribution < 1.29 is 76.9 Å². The highest BCUT2D eigenvalue weighted by molar-refractivity contribution is 7.47. The molecule has 7 N–H and O–H groups in total. The van der Waals surface area contributed by atoms with E-state index in [9.17, 15) is 44.0 Å². The second-order valence-electron chi connectivity index (χ2n) is 10.5. The number of hydrogen-bond donors (Lipinski definition) is 7. The standard InChI is InChI=1S/C25H48O16P2/c1-3-5-7-9-11-13-18(26)37-15-17(39-19(27)14-12-10-8-6-4-2)16-38-43(35,36)41-25-22(30)20(28)24(21(29)23(25)31)40-42(32,33)34/h17,20-25,28-31H,3-16H2,1-2H3,(H,35,36)(H2,32,33,34)/t17?,20-,21+,22-,23-,24?,25?/m1/s1. The van der Waals surface area contributed by atoms with Gasteiger partial charge in [-0.15, -0.1) is 0 Å². The number of aliphatic hydroxyl groups excluding tert-OH is 4. The highest BCUT2D eigenvalue weighted by Crippen LogP contribution is 2.48. The summed E-state index contributed by atoms with van der Waals surface area (Å²) in [5.41, 5.74) is 0. The van der Waals surface area contributed by atoms with Gasteiger partial charge in [-0.25, -0.2) is 9.13 Å². The molecule has 18 heteroatoms. The molecule has 0 amide bonds. The van der Waals surface area contributed by atoms with Gasteiger partial charge in [0.15, 0.2) is 6.10 Å². The second kappa shape index (κ2) is 20.2. The van der Waals surface area contributed by atoms with Gasteiger partial charge in [-0.2, -0.15) is 0 Å². The lowest BCUT2D eigenvalue weighted by atomic mass is 9.85. The van der Waals surface area contributed by atoms with Crippen LogP contribution in [0.1, 0.15) is 90.9 Å². The normalized spacial score (nSPS) is 26.4. The van der Waals surface area contributed by atoms with Crippen LogP contribution >= 0.6 is 15.6 Å². The Bertz CT molecular complexity index is 898. The largest absolute Gasteiger partial charge is 0.472 e. The lowest BCUT2D eigenvalue weighted by molar-refractivity contribution is -0.216. The van der Waals surface area contributed by atoms with E-state index in [1.807, 2.05) is 6.92 Å². The summed E-state index contributed by atoms with van der Waals surface area (Å²) in [5.74, 6) is -1.22. The summed E-state index contributed by atoms with van der Waals surface area (Å²) >= 11 is 0. The van der Waals surface area contributed by atoms with Gasteiger partial charge in [-0.1, -0.05) is 65.2 Å². The van der Waals surface area contributed by atoms with E-state index in [0.717, 1.165) is 51.4 Å². The van der Waals surface area contributed by atoms with Crippen LogP contribution in [0, 0.1) is 0 Å². The Kier molecular flexibility index (Phi) is 18.8. The van der Waals surface area contributed by atoms with Gasteiger partial charge < -0.3 is 44.6 Å². The van der Waals surface area contributed by atoms with Gasteiger partial charge in [0, 0.05) is 12.8 Å². The van der Waals surface area contributed by atoms with Crippen LogP contribution in [0.5, 0.6) is 0 Å². The number of aliphatic hydroxyl groups is 4. The summed E-state index contributed by atoms with van der Waals surface area (Å²) < 4.78 is 48.0. The van der Waals surface area contributed by atoms with E-state index in [1.165, 1.54) is 0 Å². The number of hydrogen-bond acceptors (Lipinski definition) is 13. The molecular weight excluding hydrogens is 618 g/mol. The van der Waals surface area contributed by atoms with Crippen molar-refractivity contribution in [2.45, 2.75) is 134 Å². The predicted octanol–water partition coefficient (Wildman–Crippen LogP) is 1.60. The third-order valence-electron chi connectivity index (χ3n) is 6.68. The summed E-state index contributed by atoms with van der Waals surface area (Å²) in [6, 6.07) is 0. The third kappa shape index (κ3) is 16.2. The smallest absolute Gasteiger partial charge is 0.462 e. The molecule has 0 spiro atoms. The summed E-state index contributed by atoms with van der Waals surface area (Å²) in [5, 5.41) is 40.8. The third-order valence-corrected chi connectivity index (χ3v) is 8.18. The summed E-state index contributed by atoms with van der Waals surface area (Å²) in [6.45, 7) is 2.80. The molecule has 0 aromatic rings. The van der Waals surface area contributed by atoms with E-state index in [2.05, 4.69) is 11.4 Å². The van der Waals surface area contributed by atoms with E-state index >= 15 is 0 Å². The number of carbonyl (C=O) groups is 2.